The van der Waals surface area contributed by atoms with Crippen molar-refractivity contribution in [2.75, 3.05) is 9.80 Å². The zero-order chi connectivity index (χ0) is 47.0. The number of para-hydroxylation sites is 1. The van der Waals surface area contributed by atoms with Crippen LogP contribution in [0.15, 0.2) is 243 Å². The second-order valence-electron chi connectivity index (χ2n) is 20.7. The van der Waals surface area contributed by atoms with Gasteiger partial charge in [0, 0.05) is 34.1 Å². The molecule has 0 saturated heterocycles. The van der Waals surface area contributed by atoms with E-state index < -0.39 is 10.8 Å². The van der Waals surface area contributed by atoms with Crippen LogP contribution >= 0.6 is 0 Å². The van der Waals surface area contributed by atoms with Gasteiger partial charge in [0.2, 0.25) is 0 Å². The Labute approximate surface area is 419 Å². The molecule has 11 aromatic rings. The van der Waals surface area contributed by atoms with Gasteiger partial charge in [0.25, 0.3) is 6.71 Å². The van der Waals surface area contributed by atoms with Crippen LogP contribution in [0.25, 0.3) is 44.5 Å². The van der Waals surface area contributed by atoms with Gasteiger partial charge < -0.3 is 9.80 Å². The molecule has 0 fully saturated rings. The molecule has 17 rings (SSSR count). The standard InChI is InChI=1S/C69H43BN2/c1-42-33-38-64-62(39-42)70-61-29-14-15-30-63(61)71(43-34-36-59-51(40-43)49-21-6-12-27-57(49)68(59)53-23-8-2-17-45(53)46-18-3-9-24-54(46)68)65-31-16-32-66(67(65)70)72(64)44-35-37-60-52(41-44)50-22-7-13-28-58(50)69(60)55-25-10-4-19-47(55)48-20-5-11-26-56(48)69/h2-41H,1H3. The maximum absolute atomic E-state index is 2.57. The van der Waals surface area contributed by atoms with E-state index in [1.807, 2.05) is 0 Å². The number of hydrogen-bond acceptors (Lipinski definition) is 2. The van der Waals surface area contributed by atoms with Crippen molar-refractivity contribution in [3.05, 3.63) is 293 Å². The summed E-state index contributed by atoms with van der Waals surface area (Å²) in [5.41, 5.74) is 33.1. The van der Waals surface area contributed by atoms with Crippen molar-refractivity contribution in [3.8, 4) is 44.5 Å². The van der Waals surface area contributed by atoms with Gasteiger partial charge in [0.1, 0.15) is 0 Å². The van der Waals surface area contributed by atoms with Crippen LogP contribution in [0.1, 0.15) is 50.1 Å². The molecule has 332 valence electrons. The largest absolute Gasteiger partial charge is 0.311 e. The second-order valence-corrected chi connectivity index (χ2v) is 20.7. The zero-order valence-corrected chi connectivity index (χ0v) is 39.6. The van der Waals surface area contributed by atoms with Crippen molar-refractivity contribution in [1.29, 1.82) is 0 Å². The highest BCUT2D eigenvalue weighted by Crippen LogP contribution is 2.65. The Kier molecular flexibility index (Phi) is 7.39. The molecule has 72 heavy (non-hydrogen) atoms. The fraction of sp³-hybridized carbons (Fsp3) is 0.0435. The molecule has 0 amide bonds. The fourth-order valence-corrected chi connectivity index (χ4v) is 15.0. The number of rotatable bonds is 2. The molecule has 0 saturated carbocycles. The third-order valence-electron chi connectivity index (χ3n) is 17.5. The molecule has 11 aromatic carbocycles. The molecule has 0 aromatic heterocycles. The summed E-state index contributed by atoms with van der Waals surface area (Å²) in [6, 6.07) is 92.7. The number of nitrogens with zero attached hydrogens (tertiary/aromatic N) is 2. The first-order chi connectivity index (χ1) is 35.7. The van der Waals surface area contributed by atoms with Crippen LogP contribution < -0.4 is 26.2 Å². The molecule has 2 spiro atoms. The molecule has 3 heteroatoms. The summed E-state index contributed by atoms with van der Waals surface area (Å²) >= 11 is 0. The number of anilines is 6. The van der Waals surface area contributed by atoms with E-state index in [0.717, 1.165) is 5.69 Å². The highest BCUT2D eigenvalue weighted by Gasteiger charge is 2.54. The number of aryl methyl sites for hydroxylation is 1. The van der Waals surface area contributed by atoms with Gasteiger partial charge in [-0.25, -0.2) is 0 Å². The Morgan fingerprint density at radius 2 is 0.625 bits per heavy atom. The van der Waals surface area contributed by atoms with E-state index >= 15 is 0 Å². The fourth-order valence-electron chi connectivity index (χ4n) is 15.0. The van der Waals surface area contributed by atoms with E-state index in [0.29, 0.717) is 0 Å². The summed E-state index contributed by atoms with van der Waals surface area (Å²) in [4.78, 5) is 5.13. The Morgan fingerprint density at radius 3 is 1.07 bits per heavy atom. The molecule has 2 heterocycles. The van der Waals surface area contributed by atoms with Gasteiger partial charge in [-0.2, -0.15) is 0 Å². The normalized spacial score (nSPS) is 15.2. The quantitative estimate of drug-likeness (QED) is 0.160. The third-order valence-corrected chi connectivity index (χ3v) is 17.5. The van der Waals surface area contributed by atoms with E-state index in [1.54, 1.807) is 0 Å². The average molecular weight is 911 g/mol. The van der Waals surface area contributed by atoms with Gasteiger partial charge in [-0.15, -0.1) is 0 Å². The van der Waals surface area contributed by atoms with E-state index in [9.17, 15) is 0 Å². The summed E-state index contributed by atoms with van der Waals surface area (Å²) in [5.74, 6) is 0. The van der Waals surface area contributed by atoms with Crippen LogP contribution in [-0.2, 0) is 10.8 Å². The maximum atomic E-state index is 2.57. The van der Waals surface area contributed by atoms with Crippen molar-refractivity contribution in [2.24, 2.45) is 0 Å². The summed E-state index contributed by atoms with van der Waals surface area (Å²) in [6.45, 7) is 2.29. The zero-order valence-electron chi connectivity index (χ0n) is 39.6. The second kappa shape index (κ2) is 13.7. The van der Waals surface area contributed by atoms with Gasteiger partial charge in [-0.1, -0.05) is 200 Å². The smallest absolute Gasteiger partial charge is 0.252 e. The third kappa shape index (κ3) is 4.51. The molecular formula is C69H43BN2. The van der Waals surface area contributed by atoms with Crippen molar-refractivity contribution < 1.29 is 0 Å². The molecule has 0 bridgehead atoms. The van der Waals surface area contributed by atoms with Gasteiger partial charge in [0.05, 0.1) is 10.8 Å². The highest BCUT2D eigenvalue weighted by atomic mass is 15.2. The molecule has 0 N–H and O–H groups in total. The molecule has 0 atom stereocenters. The van der Waals surface area contributed by atoms with Crippen molar-refractivity contribution in [1.82, 2.24) is 0 Å². The maximum Gasteiger partial charge on any atom is 0.252 e. The van der Waals surface area contributed by atoms with E-state index in [2.05, 4.69) is 259 Å². The average Bonchev–Trinajstić information content (AvgIpc) is 4.12. The van der Waals surface area contributed by atoms with Crippen LogP contribution in [0.5, 0.6) is 0 Å². The van der Waals surface area contributed by atoms with Crippen LogP contribution in [0.3, 0.4) is 0 Å². The van der Waals surface area contributed by atoms with Crippen molar-refractivity contribution in [3.63, 3.8) is 0 Å². The number of hydrogen-bond donors (Lipinski definition) is 0. The minimum atomic E-state index is -0.393. The summed E-state index contributed by atoms with van der Waals surface area (Å²) < 4.78 is 0. The molecule has 0 radical (unpaired) electrons. The van der Waals surface area contributed by atoms with Crippen LogP contribution in [-0.4, -0.2) is 6.71 Å². The molecule has 2 aliphatic heterocycles. The van der Waals surface area contributed by atoms with E-state index in [4.69, 9.17) is 0 Å². The number of fused-ring (bicyclic) bond motifs is 24. The monoisotopic (exact) mass is 910 g/mol. The lowest BCUT2D eigenvalue weighted by molar-refractivity contribution is 0.794. The molecular weight excluding hydrogens is 868 g/mol. The predicted octanol–water partition coefficient (Wildman–Crippen LogP) is 14.8. The summed E-state index contributed by atoms with van der Waals surface area (Å²) in [5, 5.41) is 0. The minimum Gasteiger partial charge on any atom is -0.311 e. The summed E-state index contributed by atoms with van der Waals surface area (Å²) in [7, 11) is 0. The highest BCUT2D eigenvalue weighted by molar-refractivity contribution is 7.00. The first-order valence-electron chi connectivity index (χ1n) is 25.5. The topological polar surface area (TPSA) is 6.48 Å². The van der Waals surface area contributed by atoms with E-state index in [1.165, 1.54) is 139 Å². The van der Waals surface area contributed by atoms with E-state index in [-0.39, 0.29) is 6.71 Å². The molecule has 0 unspecified atom stereocenters. The lowest BCUT2D eigenvalue weighted by Crippen LogP contribution is -2.61. The van der Waals surface area contributed by atoms with Gasteiger partial charge >= 0.3 is 0 Å². The first-order valence-corrected chi connectivity index (χ1v) is 25.5. The lowest BCUT2D eigenvalue weighted by Gasteiger charge is -2.44. The van der Waals surface area contributed by atoms with Crippen LogP contribution in [0, 0.1) is 6.92 Å². The lowest BCUT2D eigenvalue weighted by atomic mass is 9.33. The number of benzene rings is 11. The summed E-state index contributed by atoms with van der Waals surface area (Å²) in [6.07, 6.45) is 0. The van der Waals surface area contributed by atoms with Crippen LogP contribution in [0.4, 0.5) is 34.1 Å². The predicted molar refractivity (Wildman–Crippen MR) is 298 cm³/mol. The SMILES string of the molecule is Cc1ccc2c(c1)B1c3ccccc3N(c3ccc4c(c3)-c3ccccc3C43c4ccccc4-c4ccccc43)c3cccc(c31)N2c1ccc2c(c1)-c1ccccc1C21c2ccccc2-c2ccccc21. The van der Waals surface area contributed by atoms with Crippen molar-refractivity contribution in [2.45, 2.75) is 17.8 Å². The Hall–Kier alpha value is -8.92. The van der Waals surface area contributed by atoms with Crippen LogP contribution in [0.2, 0.25) is 0 Å². The molecule has 2 nitrogen and oxygen atoms in total. The Morgan fingerprint density at radius 1 is 0.278 bits per heavy atom. The molecule has 4 aliphatic carbocycles. The van der Waals surface area contributed by atoms with Gasteiger partial charge in [-0.05, 0) is 161 Å². The molecule has 6 aliphatic rings. The van der Waals surface area contributed by atoms with Crippen molar-refractivity contribution >= 4 is 57.2 Å². The van der Waals surface area contributed by atoms with Gasteiger partial charge in [-0.3, -0.25) is 0 Å². The minimum absolute atomic E-state index is 0.0460. The Balaban J connectivity index is 0.880. The Bertz CT molecular complexity index is 4130. The first kappa shape index (κ1) is 38.9. The van der Waals surface area contributed by atoms with Gasteiger partial charge in [0.15, 0.2) is 0 Å².